The van der Waals surface area contributed by atoms with Crippen LogP contribution in [0, 0.1) is 0 Å². The number of hydrogen-bond acceptors (Lipinski definition) is 5. The Bertz CT molecular complexity index is 1600. The molecule has 5 nitrogen and oxygen atoms in total. The molecule has 0 saturated heterocycles. The van der Waals surface area contributed by atoms with Crippen molar-refractivity contribution in [2.24, 2.45) is 0 Å². The molecular formula is C87H160O5. The first-order valence-electron chi connectivity index (χ1n) is 41.5. The Morgan fingerprint density at radius 2 is 0.467 bits per heavy atom. The molecule has 0 amide bonds. The molecule has 0 aliphatic rings. The summed E-state index contributed by atoms with van der Waals surface area (Å²) in [4.78, 5) is 24.7. The lowest BCUT2D eigenvalue weighted by molar-refractivity contribution is -0.161. The van der Waals surface area contributed by atoms with Crippen LogP contribution in [0.25, 0.3) is 0 Å². The summed E-state index contributed by atoms with van der Waals surface area (Å²) in [7, 11) is 0. The quantitative estimate of drug-likeness (QED) is 0.0373. The van der Waals surface area contributed by atoms with Gasteiger partial charge >= 0.3 is 11.9 Å². The van der Waals surface area contributed by atoms with Crippen molar-refractivity contribution in [3.63, 3.8) is 0 Å². The minimum absolute atomic E-state index is 0.0595. The van der Waals surface area contributed by atoms with E-state index in [9.17, 15) is 14.7 Å². The number of hydrogen-bond donors (Lipinski definition) is 1. The van der Waals surface area contributed by atoms with Crippen LogP contribution in [-0.4, -0.2) is 36.4 Å². The largest absolute Gasteiger partial charge is 0.462 e. The molecule has 0 saturated carbocycles. The van der Waals surface area contributed by atoms with Crippen LogP contribution in [0.4, 0.5) is 0 Å². The summed E-state index contributed by atoms with van der Waals surface area (Å²) in [6, 6.07) is 0. The average Bonchev–Trinajstić information content (AvgIpc) is 3.64. The predicted octanol–water partition coefficient (Wildman–Crippen LogP) is 29.3. The zero-order valence-corrected chi connectivity index (χ0v) is 62.1. The Morgan fingerprint density at radius 1 is 0.261 bits per heavy atom. The summed E-state index contributed by atoms with van der Waals surface area (Å²) in [5.41, 5.74) is 0. The fourth-order valence-electron chi connectivity index (χ4n) is 12.8. The van der Waals surface area contributed by atoms with Crippen molar-refractivity contribution in [3.05, 3.63) is 72.9 Å². The molecule has 0 heterocycles. The normalized spacial score (nSPS) is 12.5. The lowest BCUT2D eigenvalue weighted by Gasteiger charge is -2.15. The van der Waals surface area contributed by atoms with Gasteiger partial charge in [0, 0.05) is 12.8 Å². The Kier molecular flexibility index (Phi) is 80.2. The third kappa shape index (κ3) is 79.8. The third-order valence-electron chi connectivity index (χ3n) is 19.0. The maximum Gasteiger partial charge on any atom is 0.306 e. The molecule has 0 rings (SSSR count). The van der Waals surface area contributed by atoms with E-state index in [-0.39, 0.29) is 25.2 Å². The fourth-order valence-corrected chi connectivity index (χ4v) is 12.8. The number of esters is 2. The van der Waals surface area contributed by atoms with Crippen molar-refractivity contribution in [2.75, 3.05) is 13.2 Å². The van der Waals surface area contributed by atoms with Crippen LogP contribution in [0.5, 0.6) is 0 Å². The van der Waals surface area contributed by atoms with Gasteiger partial charge in [0.25, 0.3) is 0 Å². The number of carbonyl (C=O) groups is 2. The second-order valence-electron chi connectivity index (χ2n) is 28.2. The number of carbonyl (C=O) groups excluding carboxylic acids is 2. The van der Waals surface area contributed by atoms with E-state index in [0.29, 0.717) is 12.8 Å². The summed E-state index contributed by atoms with van der Waals surface area (Å²) in [6.07, 6.45) is 116. The molecule has 92 heavy (non-hydrogen) atoms. The summed E-state index contributed by atoms with van der Waals surface area (Å²) in [6.45, 7) is 4.09. The highest BCUT2D eigenvalue weighted by Gasteiger charge is 2.16. The van der Waals surface area contributed by atoms with Gasteiger partial charge in [-0.1, -0.05) is 427 Å². The number of rotatable bonds is 78. The minimum Gasteiger partial charge on any atom is -0.462 e. The van der Waals surface area contributed by atoms with E-state index < -0.39 is 6.10 Å². The molecule has 0 radical (unpaired) electrons. The number of aliphatic hydroxyl groups is 1. The molecule has 0 aliphatic heterocycles. The van der Waals surface area contributed by atoms with Crippen LogP contribution in [0.15, 0.2) is 72.9 Å². The van der Waals surface area contributed by atoms with E-state index in [1.54, 1.807) is 0 Å². The molecule has 1 N–H and O–H groups in total. The Balaban J connectivity index is 3.36. The van der Waals surface area contributed by atoms with Crippen LogP contribution < -0.4 is 0 Å². The van der Waals surface area contributed by atoms with Gasteiger partial charge in [0.15, 0.2) is 6.10 Å². The lowest BCUT2D eigenvalue weighted by Crippen LogP contribution is -2.28. The van der Waals surface area contributed by atoms with Crippen LogP contribution >= 0.6 is 0 Å². The minimum atomic E-state index is -0.772. The predicted molar refractivity (Wildman–Crippen MR) is 408 cm³/mol. The zero-order valence-electron chi connectivity index (χ0n) is 62.1. The number of ether oxygens (including phenoxy) is 2. The Labute approximate surface area is 575 Å². The molecule has 0 fully saturated rings. The summed E-state index contributed by atoms with van der Waals surface area (Å²) in [5.74, 6) is -0.563. The molecular weight excluding hydrogens is 1120 g/mol. The van der Waals surface area contributed by atoms with E-state index in [0.717, 1.165) is 64.2 Å². The first kappa shape index (κ1) is 89.3. The summed E-state index contributed by atoms with van der Waals surface area (Å²) >= 11 is 0. The van der Waals surface area contributed by atoms with Crippen LogP contribution in [-0.2, 0) is 19.1 Å². The lowest BCUT2D eigenvalue weighted by atomic mass is 10.0. The van der Waals surface area contributed by atoms with Gasteiger partial charge in [-0.15, -0.1) is 0 Å². The van der Waals surface area contributed by atoms with Crippen molar-refractivity contribution >= 4 is 11.9 Å². The molecule has 1 atom stereocenters. The molecule has 0 bridgehead atoms. The summed E-state index contributed by atoms with van der Waals surface area (Å²) < 4.78 is 10.8. The van der Waals surface area contributed by atoms with Gasteiger partial charge in [0.2, 0.25) is 0 Å². The van der Waals surface area contributed by atoms with Crippen LogP contribution in [0.3, 0.4) is 0 Å². The van der Waals surface area contributed by atoms with Gasteiger partial charge in [0.05, 0.1) is 6.61 Å². The second-order valence-corrected chi connectivity index (χ2v) is 28.2. The van der Waals surface area contributed by atoms with Crippen molar-refractivity contribution < 1.29 is 24.2 Å². The molecule has 0 aromatic heterocycles. The van der Waals surface area contributed by atoms with Gasteiger partial charge in [0.1, 0.15) is 6.61 Å². The average molecular weight is 1290 g/mol. The van der Waals surface area contributed by atoms with Gasteiger partial charge in [-0.25, -0.2) is 0 Å². The van der Waals surface area contributed by atoms with Crippen LogP contribution in [0.2, 0.25) is 0 Å². The van der Waals surface area contributed by atoms with Gasteiger partial charge < -0.3 is 14.6 Å². The molecule has 0 aromatic carbocycles. The SMILES string of the molecule is CC/C=C\C/C=C\C/C=C\C/C=C\C/C=C\CCCCCCCCCCCCCCCCCCCCCCCCCCCC(=O)OC(CO)COC(=O)CCCCCCCCCCCCCCCCCCCCCCCCCCC/C=C\CCCCCCCCCC. The van der Waals surface area contributed by atoms with E-state index in [2.05, 4.69) is 86.8 Å². The number of aliphatic hydroxyl groups excluding tert-OH is 1. The third-order valence-corrected chi connectivity index (χ3v) is 19.0. The standard InChI is InChI=1S/C87H160O5/c1-3-5-7-9-11-13-15-17-19-21-23-25-27-29-31-33-35-37-39-41-42-43-44-46-48-50-52-54-56-58-60-62-64-66-68-70-72-74-76-78-80-82-87(90)92-85(83-88)84-91-86(89)81-79-77-75-73-71-69-67-65-63-61-59-57-55-53-51-49-47-45-40-38-36-34-32-30-28-26-24-22-20-18-16-14-12-10-8-6-4-2/h5,7,11,13,17,19,22-25,29,31,85,88H,3-4,6,8-10,12,14-16,18,20-21,26-28,30,32-84H2,1-2H3/b7-5-,13-11-,19-17-,24-22-,25-23-,31-29-. The van der Waals surface area contributed by atoms with Crippen LogP contribution in [0.1, 0.15) is 450 Å². The van der Waals surface area contributed by atoms with E-state index in [1.807, 2.05) is 0 Å². The number of allylic oxidation sites excluding steroid dienone is 12. The first-order chi connectivity index (χ1) is 45.6. The van der Waals surface area contributed by atoms with E-state index in [1.165, 1.54) is 360 Å². The molecule has 1 unspecified atom stereocenters. The first-order valence-corrected chi connectivity index (χ1v) is 41.5. The molecule has 0 aromatic rings. The Hall–Kier alpha value is -2.66. The van der Waals surface area contributed by atoms with Crippen molar-refractivity contribution in [1.82, 2.24) is 0 Å². The second kappa shape index (κ2) is 82.6. The smallest absolute Gasteiger partial charge is 0.306 e. The van der Waals surface area contributed by atoms with Crippen molar-refractivity contribution in [3.8, 4) is 0 Å². The Morgan fingerprint density at radius 3 is 0.717 bits per heavy atom. The monoisotopic (exact) mass is 1290 g/mol. The molecule has 538 valence electrons. The van der Waals surface area contributed by atoms with Gasteiger partial charge in [-0.05, 0) is 83.5 Å². The van der Waals surface area contributed by atoms with Crippen molar-refractivity contribution in [1.29, 1.82) is 0 Å². The zero-order chi connectivity index (χ0) is 66.1. The fraction of sp³-hybridized carbons (Fsp3) is 0.839. The molecule has 0 spiro atoms. The van der Waals surface area contributed by atoms with Gasteiger partial charge in [-0.2, -0.15) is 0 Å². The maximum atomic E-state index is 12.4. The van der Waals surface area contributed by atoms with E-state index >= 15 is 0 Å². The highest BCUT2D eigenvalue weighted by Crippen LogP contribution is 2.20. The van der Waals surface area contributed by atoms with E-state index in [4.69, 9.17) is 9.47 Å². The topological polar surface area (TPSA) is 72.8 Å². The van der Waals surface area contributed by atoms with Gasteiger partial charge in [-0.3, -0.25) is 9.59 Å². The van der Waals surface area contributed by atoms with Crippen molar-refractivity contribution in [2.45, 2.75) is 457 Å². The molecule has 5 heteroatoms. The highest BCUT2D eigenvalue weighted by atomic mass is 16.6. The molecule has 0 aliphatic carbocycles. The number of unbranched alkanes of at least 4 members (excludes halogenated alkanes) is 58. The maximum absolute atomic E-state index is 12.4. The highest BCUT2D eigenvalue weighted by molar-refractivity contribution is 5.70. The summed E-state index contributed by atoms with van der Waals surface area (Å²) in [5, 5.41) is 9.74.